The van der Waals surface area contributed by atoms with Crippen molar-refractivity contribution in [2.45, 2.75) is 33.2 Å². The Labute approximate surface area is 105 Å². The van der Waals surface area contributed by atoms with Gasteiger partial charge < -0.3 is 10.1 Å². The third-order valence-corrected chi connectivity index (χ3v) is 2.84. The first kappa shape index (κ1) is 13.8. The molecule has 0 aliphatic rings. The molecule has 0 saturated heterocycles. The Kier molecular flexibility index (Phi) is 5.78. The summed E-state index contributed by atoms with van der Waals surface area (Å²) in [5.74, 6) is 0.950. The van der Waals surface area contributed by atoms with Crippen LogP contribution >= 0.6 is 0 Å². The van der Waals surface area contributed by atoms with Gasteiger partial charge in [0.2, 0.25) is 0 Å². The average Bonchev–Trinajstić information content (AvgIpc) is 2.35. The summed E-state index contributed by atoms with van der Waals surface area (Å²) < 4.78 is 5.62. The highest BCUT2D eigenvalue weighted by Crippen LogP contribution is 2.17. The maximum atomic E-state index is 5.62. The molecule has 2 heteroatoms. The van der Waals surface area contributed by atoms with Crippen LogP contribution in [0.3, 0.4) is 0 Å². The summed E-state index contributed by atoms with van der Waals surface area (Å²) in [4.78, 5) is 0. The van der Waals surface area contributed by atoms with Gasteiger partial charge in [-0.1, -0.05) is 30.7 Å². The molecular formula is C15H23NO. The molecule has 17 heavy (non-hydrogen) atoms. The highest BCUT2D eigenvalue weighted by molar-refractivity contribution is 5.55. The molecule has 0 saturated carbocycles. The van der Waals surface area contributed by atoms with Gasteiger partial charge in [-0.15, -0.1) is 0 Å². The molecule has 0 heterocycles. The van der Waals surface area contributed by atoms with Gasteiger partial charge >= 0.3 is 0 Å². The zero-order valence-corrected chi connectivity index (χ0v) is 11.3. The summed E-state index contributed by atoms with van der Waals surface area (Å²) in [6, 6.07) is 8.62. The van der Waals surface area contributed by atoms with E-state index < -0.39 is 0 Å². The number of benzene rings is 1. The van der Waals surface area contributed by atoms with Gasteiger partial charge in [0, 0.05) is 6.04 Å². The molecule has 0 spiro atoms. The number of ether oxygens (including phenoxy) is 1. The number of hydrogen-bond donors (Lipinski definition) is 1. The third kappa shape index (κ3) is 4.61. The molecule has 0 aliphatic heterocycles. The topological polar surface area (TPSA) is 21.3 Å². The number of rotatable bonds is 6. The lowest BCUT2D eigenvalue weighted by Crippen LogP contribution is -2.21. The first-order valence-corrected chi connectivity index (χ1v) is 6.25. The Bertz CT molecular complexity index is 371. The van der Waals surface area contributed by atoms with E-state index in [0.29, 0.717) is 6.04 Å². The molecule has 1 atom stereocenters. The van der Waals surface area contributed by atoms with E-state index in [4.69, 9.17) is 4.74 Å². The predicted octanol–water partition coefficient (Wildman–Crippen LogP) is 3.49. The third-order valence-electron chi connectivity index (χ3n) is 2.84. The minimum Gasteiger partial charge on any atom is -0.494 e. The Hall–Kier alpha value is -1.28. The zero-order valence-electron chi connectivity index (χ0n) is 11.3. The van der Waals surface area contributed by atoms with Crippen molar-refractivity contribution in [2.75, 3.05) is 13.7 Å². The van der Waals surface area contributed by atoms with E-state index in [1.54, 1.807) is 0 Å². The van der Waals surface area contributed by atoms with Gasteiger partial charge in [0.1, 0.15) is 5.75 Å². The maximum absolute atomic E-state index is 5.62. The Morgan fingerprint density at radius 2 is 2.24 bits per heavy atom. The molecule has 0 radical (unpaired) electrons. The van der Waals surface area contributed by atoms with Crippen molar-refractivity contribution in [3.63, 3.8) is 0 Å². The van der Waals surface area contributed by atoms with Crippen LogP contribution in [0, 0.1) is 0 Å². The van der Waals surface area contributed by atoms with Gasteiger partial charge in [0.25, 0.3) is 0 Å². The standard InChI is InChI=1S/C15H23NO/c1-5-9-17-15-8-6-7-14(11-15)10-12(2)13(3)16-4/h6-8,10-11,13,16H,5,9H2,1-4H3/b12-10-. The molecule has 0 fully saturated rings. The second kappa shape index (κ2) is 7.13. The molecule has 0 bridgehead atoms. The monoisotopic (exact) mass is 233 g/mol. The summed E-state index contributed by atoms with van der Waals surface area (Å²) in [5.41, 5.74) is 2.51. The lowest BCUT2D eigenvalue weighted by atomic mass is 10.1. The first-order chi connectivity index (χ1) is 8.17. The Morgan fingerprint density at radius 3 is 2.88 bits per heavy atom. The fourth-order valence-corrected chi connectivity index (χ4v) is 1.53. The summed E-state index contributed by atoms with van der Waals surface area (Å²) in [6.45, 7) is 7.19. The highest BCUT2D eigenvalue weighted by Gasteiger charge is 2.01. The molecule has 2 nitrogen and oxygen atoms in total. The van der Waals surface area contributed by atoms with Crippen LogP contribution in [-0.2, 0) is 0 Å². The van der Waals surface area contributed by atoms with Crippen molar-refractivity contribution < 1.29 is 4.74 Å². The second-order valence-electron chi connectivity index (χ2n) is 4.32. The van der Waals surface area contributed by atoms with E-state index >= 15 is 0 Å². The van der Waals surface area contributed by atoms with Crippen molar-refractivity contribution in [2.24, 2.45) is 0 Å². The molecule has 1 rings (SSSR count). The van der Waals surface area contributed by atoms with Gasteiger partial charge in [-0.3, -0.25) is 0 Å². The Morgan fingerprint density at radius 1 is 1.47 bits per heavy atom. The summed E-state index contributed by atoms with van der Waals surface area (Å²) in [7, 11) is 1.97. The van der Waals surface area contributed by atoms with E-state index in [0.717, 1.165) is 18.8 Å². The smallest absolute Gasteiger partial charge is 0.119 e. The molecule has 0 aromatic heterocycles. The van der Waals surface area contributed by atoms with E-state index in [2.05, 4.69) is 44.3 Å². The molecule has 1 N–H and O–H groups in total. The van der Waals surface area contributed by atoms with E-state index in [1.807, 2.05) is 19.2 Å². The van der Waals surface area contributed by atoms with Gasteiger partial charge in [-0.05, 0) is 45.0 Å². The molecule has 0 aliphatic carbocycles. The van der Waals surface area contributed by atoms with E-state index in [-0.39, 0.29) is 0 Å². The van der Waals surface area contributed by atoms with Crippen LogP contribution in [0.1, 0.15) is 32.8 Å². The average molecular weight is 233 g/mol. The predicted molar refractivity (Wildman–Crippen MR) is 74.4 cm³/mol. The zero-order chi connectivity index (χ0) is 12.7. The largest absolute Gasteiger partial charge is 0.494 e. The van der Waals surface area contributed by atoms with Crippen molar-refractivity contribution in [3.8, 4) is 5.75 Å². The SMILES string of the molecule is CCCOc1cccc(/C=C(/C)C(C)NC)c1. The van der Waals surface area contributed by atoms with Gasteiger partial charge in [0.05, 0.1) is 6.61 Å². The first-order valence-electron chi connectivity index (χ1n) is 6.25. The summed E-state index contributed by atoms with van der Waals surface area (Å²) >= 11 is 0. The second-order valence-corrected chi connectivity index (χ2v) is 4.32. The van der Waals surface area contributed by atoms with Crippen molar-refractivity contribution >= 4 is 6.08 Å². The van der Waals surface area contributed by atoms with Crippen LogP contribution in [0.25, 0.3) is 6.08 Å². The lowest BCUT2D eigenvalue weighted by molar-refractivity contribution is 0.317. The van der Waals surface area contributed by atoms with Crippen LogP contribution in [0.15, 0.2) is 29.8 Å². The minimum absolute atomic E-state index is 0.398. The van der Waals surface area contributed by atoms with E-state index in [1.165, 1.54) is 11.1 Å². The fourth-order valence-electron chi connectivity index (χ4n) is 1.53. The molecule has 0 amide bonds. The van der Waals surface area contributed by atoms with Crippen LogP contribution in [-0.4, -0.2) is 19.7 Å². The fraction of sp³-hybridized carbons (Fsp3) is 0.467. The summed E-state index contributed by atoms with van der Waals surface area (Å²) in [5, 5.41) is 3.23. The van der Waals surface area contributed by atoms with Gasteiger partial charge in [-0.25, -0.2) is 0 Å². The maximum Gasteiger partial charge on any atom is 0.119 e. The molecule has 1 aromatic rings. The highest BCUT2D eigenvalue weighted by atomic mass is 16.5. The molecule has 1 aromatic carbocycles. The molecule has 1 unspecified atom stereocenters. The summed E-state index contributed by atoms with van der Waals surface area (Å²) in [6.07, 6.45) is 3.23. The van der Waals surface area contributed by atoms with Crippen molar-refractivity contribution in [3.05, 3.63) is 35.4 Å². The Balaban J connectivity index is 2.77. The molecular weight excluding hydrogens is 210 g/mol. The minimum atomic E-state index is 0.398. The van der Waals surface area contributed by atoms with Gasteiger partial charge in [0.15, 0.2) is 0 Å². The number of hydrogen-bond acceptors (Lipinski definition) is 2. The normalized spacial score (nSPS) is 13.5. The van der Waals surface area contributed by atoms with Crippen LogP contribution in [0.5, 0.6) is 5.75 Å². The van der Waals surface area contributed by atoms with Crippen molar-refractivity contribution in [1.29, 1.82) is 0 Å². The van der Waals surface area contributed by atoms with Crippen LogP contribution < -0.4 is 10.1 Å². The quantitative estimate of drug-likeness (QED) is 0.812. The number of nitrogens with one attached hydrogen (secondary N) is 1. The van der Waals surface area contributed by atoms with E-state index in [9.17, 15) is 0 Å². The van der Waals surface area contributed by atoms with Crippen molar-refractivity contribution in [1.82, 2.24) is 5.32 Å². The molecule has 94 valence electrons. The number of likely N-dealkylation sites (N-methyl/N-ethyl adjacent to an activating group) is 1. The van der Waals surface area contributed by atoms with Crippen LogP contribution in [0.4, 0.5) is 0 Å². The van der Waals surface area contributed by atoms with Crippen LogP contribution in [0.2, 0.25) is 0 Å². The lowest BCUT2D eigenvalue weighted by Gasteiger charge is -2.11. The van der Waals surface area contributed by atoms with Gasteiger partial charge in [-0.2, -0.15) is 0 Å².